The molecule has 4 rings (SSSR count). The van der Waals surface area contributed by atoms with E-state index < -0.39 is 30.1 Å². The predicted octanol–water partition coefficient (Wildman–Crippen LogP) is 6.77. The summed E-state index contributed by atoms with van der Waals surface area (Å²) in [6.45, 7) is 2.03. The number of rotatable bonds is 9. The molecule has 1 N–H and O–H groups in total. The lowest BCUT2D eigenvalue weighted by Gasteiger charge is -2.37. The molecule has 0 bridgehead atoms. The number of halogens is 3. The Balaban J connectivity index is 1.46. The van der Waals surface area contributed by atoms with E-state index in [1.807, 2.05) is 13.0 Å². The summed E-state index contributed by atoms with van der Waals surface area (Å²) in [5.74, 6) is -1.55. The summed E-state index contributed by atoms with van der Waals surface area (Å²) in [5, 5.41) is 13.2. The molecule has 0 spiro atoms. The number of likely N-dealkylation sites (tertiary alicyclic amines) is 1. The Bertz CT molecular complexity index is 1220. The summed E-state index contributed by atoms with van der Waals surface area (Å²) in [6.07, 6.45) is 0.663. The number of nitrogens with zero attached hydrogens (tertiary/aromatic N) is 2. The molecule has 0 aromatic heterocycles. The van der Waals surface area contributed by atoms with E-state index in [1.165, 1.54) is 11.0 Å². The zero-order valence-corrected chi connectivity index (χ0v) is 21.3. The van der Waals surface area contributed by atoms with Crippen LogP contribution in [0.15, 0.2) is 41.6 Å². The van der Waals surface area contributed by atoms with Gasteiger partial charge in [0.15, 0.2) is 0 Å². The number of aryl methyl sites for hydroxylation is 1. The molecule has 0 radical (unpaired) electrons. The van der Waals surface area contributed by atoms with E-state index >= 15 is 0 Å². The SMILES string of the molecule is [2H]C([2H])(c1ccc(/C(C)=N/OCc2ccc(C3CCCCC3)c(C(F)(F)F)c2)cc1CC)N1CC(C(=O)O)C1. The number of carboxylic acid groups (broad SMARTS) is 1. The van der Waals surface area contributed by atoms with Gasteiger partial charge in [0.2, 0.25) is 0 Å². The molecule has 5 nitrogen and oxygen atoms in total. The van der Waals surface area contributed by atoms with Gasteiger partial charge in [-0.3, -0.25) is 9.69 Å². The van der Waals surface area contributed by atoms with Gasteiger partial charge in [0.25, 0.3) is 0 Å². The molecule has 200 valence electrons. The first-order valence-corrected chi connectivity index (χ1v) is 12.9. The summed E-state index contributed by atoms with van der Waals surface area (Å²) in [5.41, 5.74) is 2.64. The quantitative estimate of drug-likeness (QED) is 0.294. The number of oxime groups is 1. The third-order valence-electron chi connectivity index (χ3n) is 7.31. The van der Waals surface area contributed by atoms with Crippen molar-refractivity contribution in [3.05, 3.63) is 69.8 Å². The summed E-state index contributed by atoms with van der Waals surface area (Å²) in [4.78, 5) is 18.1. The molecule has 8 heteroatoms. The molecule has 1 aliphatic carbocycles. The monoisotopic (exact) mass is 518 g/mol. The predicted molar refractivity (Wildman–Crippen MR) is 136 cm³/mol. The van der Waals surface area contributed by atoms with Gasteiger partial charge in [0, 0.05) is 22.3 Å². The normalized spacial score (nSPS) is 19.2. The van der Waals surface area contributed by atoms with Gasteiger partial charge >= 0.3 is 12.1 Å². The molecular formula is C29H35F3N2O3. The lowest BCUT2D eigenvalue weighted by Crippen LogP contribution is -2.49. The van der Waals surface area contributed by atoms with Crippen molar-refractivity contribution in [3.8, 4) is 0 Å². The summed E-state index contributed by atoms with van der Waals surface area (Å²) in [6, 6.07) is 9.67. The number of hydrogen-bond acceptors (Lipinski definition) is 4. The van der Waals surface area contributed by atoms with Gasteiger partial charge in [-0.15, -0.1) is 0 Å². The van der Waals surface area contributed by atoms with E-state index in [2.05, 4.69) is 5.16 Å². The fourth-order valence-electron chi connectivity index (χ4n) is 5.08. The fourth-order valence-corrected chi connectivity index (χ4v) is 5.08. The molecule has 2 aromatic rings. The minimum Gasteiger partial charge on any atom is -0.481 e. The van der Waals surface area contributed by atoms with Crippen LogP contribution >= 0.6 is 0 Å². The first-order valence-electron chi connectivity index (χ1n) is 13.9. The van der Waals surface area contributed by atoms with Crippen molar-refractivity contribution < 1.29 is 30.7 Å². The zero-order chi connectivity index (χ0) is 28.4. The van der Waals surface area contributed by atoms with Crippen molar-refractivity contribution in [1.29, 1.82) is 0 Å². The molecule has 0 unspecified atom stereocenters. The first kappa shape index (κ1) is 24.5. The average Bonchev–Trinajstić information content (AvgIpc) is 2.86. The van der Waals surface area contributed by atoms with Crippen molar-refractivity contribution in [2.45, 2.75) is 77.6 Å². The second kappa shape index (κ2) is 11.7. The van der Waals surface area contributed by atoms with Crippen LogP contribution in [0.5, 0.6) is 0 Å². The van der Waals surface area contributed by atoms with Gasteiger partial charge in [-0.05, 0) is 72.1 Å². The van der Waals surface area contributed by atoms with Gasteiger partial charge in [0.05, 0.1) is 17.2 Å². The van der Waals surface area contributed by atoms with Gasteiger partial charge in [-0.1, -0.05) is 55.6 Å². The number of alkyl halides is 3. The summed E-state index contributed by atoms with van der Waals surface area (Å²) >= 11 is 0. The first-order chi connectivity index (χ1) is 18.4. The van der Waals surface area contributed by atoms with Crippen LogP contribution in [0.25, 0.3) is 0 Å². The van der Waals surface area contributed by atoms with E-state index in [9.17, 15) is 18.0 Å². The van der Waals surface area contributed by atoms with Crippen LogP contribution in [0.3, 0.4) is 0 Å². The second-order valence-electron chi connectivity index (χ2n) is 9.98. The van der Waals surface area contributed by atoms with E-state index in [0.717, 1.165) is 37.7 Å². The summed E-state index contributed by atoms with van der Waals surface area (Å²) < 4.78 is 58.7. The molecule has 2 aromatic carbocycles. The lowest BCUT2D eigenvalue weighted by molar-refractivity contribution is -0.147. The van der Waals surface area contributed by atoms with E-state index in [-0.39, 0.29) is 25.6 Å². The Kier molecular flexibility index (Phi) is 7.72. The second-order valence-corrected chi connectivity index (χ2v) is 9.98. The van der Waals surface area contributed by atoms with Gasteiger partial charge in [0.1, 0.15) is 6.61 Å². The Morgan fingerprint density at radius 3 is 2.51 bits per heavy atom. The molecule has 2 aliphatic rings. The Labute approximate surface area is 219 Å². The van der Waals surface area contributed by atoms with Gasteiger partial charge in [-0.25, -0.2) is 0 Å². The van der Waals surface area contributed by atoms with Crippen LogP contribution in [-0.2, 0) is 35.3 Å². The van der Waals surface area contributed by atoms with Gasteiger partial charge < -0.3 is 9.94 Å². The van der Waals surface area contributed by atoms with Gasteiger partial charge in [-0.2, -0.15) is 13.2 Å². The van der Waals surface area contributed by atoms with Crippen LogP contribution in [-0.4, -0.2) is 34.8 Å². The number of aliphatic carboxylic acids is 1. The van der Waals surface area contributed by atoms with Crippen molar-refractivity contribution >= 4 is 11.7 Å². The highest BCUT2D eigenvalue weighted by molar-refractivity contribution is 5.98. The highest BCUT2D eigenvalue weighted by Crippen LogP contribution is 2.41. The third-order valence-corrected chi connectivity index (χ3v) is 7.31. The molecule has 2 fully saturated rings. The molecule has 0 atom stereocenters. The number of hydrogen-bond donors (Lipinski definition) is 1. The zero-order valence-electron chi connectivity index (χ0n) is 23.3. The van der Waals surface area contributed by atoms with E-state index in [1.54, 1.807) is 31.2 Å². The maximum atomic E-state index is 13.8. The molecule has 1 saturated carbocycles. The van der Waals surface area contributed by atoms with Crippen molar-refractivity contribution in [1.82, 2.24) is 4.90 Å². The maximum Gasteiger partial charge on any atom is 0.416 e. The Morgan fingerprint density at radius 2 is 1.86 bits per heavy atom. The average molecular weight is 519 g/mol. The largest absolute Gasteiger partial charge is 0.481 e. The maximum absolute atomic E-state index is 13.8. The standard InChI is InChI=1S/C29H35F3N2O3/c1-3-21-14-23(10-11-24(21)15-34-16-25(17-34)28(35)36)19(2)33-37-18-20-9-12-26(22-7-5-4-6-8-22)27(13-20)29(30,31)32/h9-14,22,25H,3-8,15-18H2,1-2H3,(H,35,36)/b33-19+/i15D2. The number of carbonyl (C=O) groups is 1. The smallest absolute Gasteiger partial charge is 0.416 e. The fraction of sp³-hybridized carbons (Fsp3) is 0.517. The van der Waals surface area contributed by atoms with Crippen LogP contribution in [0.1, 0.15) is 88.0 Å². The highest BCUT2D eigenvalue weighted by atomic mass is 19.4. The number of benzene rings is 2. The van der Waals surface area contributed by atoms with E-state index in [4.69, 9.17) is 12.7 Å². The molecule has 1 aliphatic heterocycles. The van der Waals surface area contributed by atoms with Crippen molar-refractivity contribution in [2.75, 3.05) is 13.1 Å². The molecule has 1 heterocycles. The third kappa shape index (κ3) is 6.72. The molecular weight excluding hydrogens is 481 g/mol. The van der Waals surface area contributed by atoms with Crippen LogP contribution in [0.4, 0.5) is 13.2 Å². The lowest BCUT2D eigenvalue weighted by atomic mass is 9.81. The van der Waals surface area contributed by atoms with Crippen LogP contribution in [0, 0.1) is 5.92 Å². The minimum absolute atomic E-state index is 0.0628. The Morgan fingerprint density at radius 1 is 1.14 bits per heavy atom. The molecule has 0 amide bonds. The molecule has 1 saturated heterocycles. The Hall–Kier alpha value is -2.87. The van der Waals surface area contributed by atoms with Crippen molar-refractivity contribution in [2.24, 2.45) is 11.1 Å². The number of carboxylic acids is 1. The topological polar surface area (TPSA) is 62.1 Å². The highest BCUT2D eigenvalue weighted by Gasteiger charge is 2.36. The summed E-state index contributed by atoms with van der Waals surface area (Å²) in [7, 11) is 0. The molecule has 37 heavy (non-hydrogen) atoms. The van der Waals surface area contributed by atoms with Crippen molar-refractivity contribution in [3.63, 3.8) is 0 Å². The van der Waals surface area contributed by atoms with Crippen LogP contribution < -0.4 is 0 Å². The van der Waals surface area contributed by atoms with E-state index in [0.29, 0.717) is 34.4 Å². The van der Waals surface area contributed by atoms with Crippen LogP contribution in [0.2, 0.25) is 0 Å². The minimum atomic E-state index is -4.43.